The van der Waals surface area contributed by atoms with Gasteiger partial charge in [0.1, 0.15) is 11.5 Å². The van der Waals surface area contributed by atoms with E-state index in [2.05, 4.69) is 15.4 Å². The van der Waals surface area contributed by atoms with Gasteiger partial charge in [0.25, 0.3) is 11.8 Å². The number of hydrogen-bond acceptors (Lipinski definition) is 5. The van der Waals surface area contributed by atoms with Crippen molar-refractivity contribution in [3.05, 3.63) is 63.6 Å². The van der Waals surface area contributed by atoms with E-state index in [1.807, 2.05) is 6.92 Å². The van der Waals surface area contributed by atoms with Crippen molar-refractivity contribution in [3.8, 4) is 0 Å². The molecule has 1 aromatic carbocycles. The molecule has 0 atom stereocenters. The van der Waals surface area contributed by atoms with E-state index in [1.165, 1.54) is 35.7 Å². The first-order chi connectivity index (χ1) is 13.5. The third-order valence-electron chi connectivity index (χ3n) is 4.54. The van der Waals surface area contributed by atoms with E-state index in [0.29, 0.717) is 35.7 Å². The van der Waals surface area contributed by atoms with Gasteiger partial charge in [-0.15, -0.1) is 11.3 Å². The van der Waals surface area contributed by atoms with E-state index in [4.69, 9.17) is 0 Å². The van der Waals surface area contributed by atoms with Gasteiger partial charge in [-0.25, -0.2) is 9.37 Å². The van der Waals surface area contributed by atoms with Crippen LogP contribution in [0, 0.1) is 12.7 Å². The van der Waals surface area contributed by atoms with Crippen LogP contribution in [-0.2, 0) is 13.1 Å². The molecule has 1 aliphatic rings. The fourth-order valence-electron chi connectivity index (χ4n) is 3.19. The first-order valence-corrected chi connectivity index (χ1v) is 9.72. The van der Waals surface area contributed by atoms with E-state index >= 15 is 0 Å². The lowest BCUT2D eigenvalue weighted by Crippen LogP contribution is -2.31. The number of hydrogen-bond donors (Lipinski definition) is 1. The van der Waals surface area contributed by atoms with Crippen LogP contribution in [0.15, 0.2) is 35.8 Å². The van der Waals surface area contributed by atoms with Crippen LogP contribution in [0.5, 0.6) is 0 Å². The Morgan fingerprint density at radius 1 is 1.29 bits per heavy atom. The third-order valence-corrected chi connectivity index (χ3v) is 5.31. The molecule has 3 heterocycles. The van der Waals surface area contributed by atoms with E-state index in [1.54, 1.807) is 21.0 Å². The fourth-order valence-corrected chi connectivity index (χ4v) is 3.78. The predicted octanol–water partition coefficient (Wildman–Crippen LogP) is 3.09. The average molecular weight is 399 g/mol. The lowest BCUT2D eigenvalue weighted by molar-refractivity contribution is 0.0738. The lowest BCUT2D eigenvalue weighted by atomic mass is 10.2. The van der Waals surface area contributed by atoms with Crippen molar-refractivity contribution in [2.75, 3.05) is 11.9 Å². The summed E-state index contributed by atoms with van der Waals surface area (Å²) in [5.74, 6) is -0.969. The first-order valence-electron chi connectivity index (χ1n) is 8.84. The Morgan fingerprint density at radius 2 is 2.14 bits per heavy atom. The highest BCUT2D eigenvalue weighted by Gasteiger charge is 2.26. The van der Waals surface area contributed by atoms with Gasteiger partial charge < -0.3 is 10.2 Å². The molecule has 9 heteroatoms. The molecule has 0 spiro atoms. The molecule has 2 aromatic heterocycles. The van der Waals surface area contributed by atoms with Crippen LogP contribution >= 0.6 is 11.3 Å². The summed E-state index contributed by atoms with van der Waals surface area (Å²) in [5.41, 5.74) is 1.82. The van der Waals surface area contributed by atoms with Gasteiger partial charge in [-0.2, -0.15) is 5.10 Å². The van der Waals surface area contributed by atoms with E-state index in [9.17, 15) is 14.0 Å². The van der Waals surface area contributed by atoms with Crippen LogP contribution in [0.3, 0.4) is 0 Å². The Balaban J connectivity index is 1.57. The number of nitrogens with one attached hydrogen (secondary N) is 1. The number of thiazole rings is 1. The summed E-state index contributed by atoms with van der Waals surface area (Å²) in [6, 6.07) is 5.70. The van der Waals surface area contributed by atoms with Crippen molar-refractivity contribution in [1.82, 2.24) is 19.7 Å². The number of aromatic nitrogens is 3. The van der Waals surface area contributed by atoms with Gasteiger partial charge >= 0.3 is 0 Å². The summed E-state index contributed by atoms with van der Waals surface area (Å²) in [6.07, 6.45) is 2.22. The maximum absolute atomic E-state index is 13.4. The topological polar surface area (TPSA) is 80.1 Å². The van der Waals surface area contributed by atoms with E-state index in [0.717, 1.165) is 11.4 Å². The lowest BCUT2D eigenvalue weighted by Gasteiger charge is -2.19. The Morgan fingerprint density at radius 3 is 2.89 bits per heavy atom. The number of carbonyl (C=O) groups excluding carboxylic acids is 2. The number of halogens is 1. The average Bonchev–Trinajstić information content (AvgIpc) is 3.21. The van der Waals surface area contributed by atoms with Gasteiger partial charge in [-0.3, -0.25) is 14.3 Å². The Kier molecular flexibility index (Phi) is 4.91. The Bertz CT molecular complexity index is 1040. The molecule has 1 aliphatic heterocycles. The molecule has 0 fully saturated rings. The molecule has 2 amide bonds. The minimum atomic E-state index is -0.429. The third kappa shape index (κ3) is 3.65. The molecule has 28 heavy (non-hydrogen) atoms. The summed E-state index contributed by atoms with van der Waals surface area (Å²) >= 11 is 1.43. The number of benzene rings is 1. The van der Waals surface area contributed by atoms with Crippen molar-refractivity contribution >= 4 is 28.8 Å². The van der Waals surface area contributed by atoms with Crippen molar-refractivity contribution in [1.29, 1.82) is 0 Å². The summed E-state index contributed by atoms with van der Waals surface area (Å²) in [4.78, 5) is 31.5. The maximum Gasteiger partial charge on any atom is 0.273 e. The number of nitrogens with zero attached hydrogens (tertiary/aromatic N) is 4. The Labute approximate surface area is 164 Å². The Hall–Kier alpha value is -3.07. The van der Waals surface area contributed by atoms with Gasteiger partial charge in [0.05, 0.1) is 29.0 Å². The highest BCUT2D eigenvalue weighted by Crippen LogP contribution is 2.21. The summed E-state index contributed by atoms with van der Waals surface area (Å²) in [5, 5.41) is 9.57. The monoisotopic (exact) mass is 399 g/mol. The van der Waals surface area contributed by atoms with Gasteiger partial charge in [0.15, 0.2) is 0 Å². The number of rotatable bonds is 3. The van der Waals surface area contributed by atoms with Crippen molar-refractivity contribution in [2.45, 2.75) is 26.4 Å². The first kappa shape index (κ1) is 18.3. The fraction of sp³-hybridized carbons (Fsp3) is 0.263. The maximum atomic E-state index is 13.4. The normalized spacial score (nSPS) is 13.7. The van der Waals surface area contributed by atoms with Crippen LogP contribution in [-0.4, -0.2) is 38.0 Å². The molecule has 0 aliphatic carbocycles. The second kappa shape index (κ2) is 7.51. The molecule has 3 aromatic rings. The SMILES string of the molecule is Cc1nc(C(=O)N2CCCn3ncc(C(=O)Nc4cccc(F)c4)c3C2)cs1. The van der Waals surface area contributed by atoms with Crippen LogP contribution in [0.1, 0.15) is 38.0 Å². The van der Waals surface area contributed by atoms with Gasteiger partial charge in [0, 0.05) is 24.2 Å². The molecule has 0 radical (unpaired) electrons. The van der Waals surface area contributed by atoms with Gasteiger partial charge in [-0.05, 0) is 31.5 Å². The van der Waals surface area contributed by atoms with Crippen molar-refractivity contribution < 1.29 is 14.0 Å². The number of fused-ring (bicyclic) bond motifs is 1. The van der Waals surface area contributed by atoms with Crippen LogP contribution < -0.4 is 5.32 Å². The number of carbonyl (C=O) groups is 2. The molecule has 0 saturated heterocycles. The molecule has 144 valence electrons. The highest BCUT2D eigenvalue weighted by atomic mass is 32.1. The molecule has 7 nitrogen and oxygen atoms in total. The zero-order valence-corrected chi connectivity index (χ0v) is 16.0. The highest BCUT2D eigenvalue weighted by molar-refractivity contribution is 7.09. The number of anilines is 1. The zero-order valence-electron chi connectivity index (χ0n) is 15.2. The molecule has 0 saturated carbocycles. The molecule has 0 bridgehead atoms. The number of amides is 2. The smallest absolute Gasteiger partial charge is 0.273 e. The summed E-state index contributed by atoms with van der Waals surface area (Å²) in [6.45, 7) is 3.29. The van der Waals surface area contributed by atoms with Gasteiger partial charge in [-0.1, -0.05) is 6.07 Å². The number of aryl methyl sites for hydroxylation is 2. The minimum absolute atomic E-state index is 0.157. The summed E-state index contributed by atoms with van der Waals surface area (Å²) < 4.78 is 15.1. The van der Waals surface area contributed by atoms with Crippen molar-refractivity contribution in [3.63, 3.8) is 0 Å². The van der Waals surface area contributed by atoms with Crippen molar-refractivity contribution in [2.24, 2.45) is 0 Å². The molecule has 0 unspecified atom stereocenters. The van der Waals surface area contributed by atoms with Crippen LogP contribution in [0.2, 0.25) is 0 Å². The molecular formula is C19H18FN5O2S. The van der Waals surface area contributed by atoms with Crippen LogP contribution in [0.4, 0.5) is 10.1 Å². The van der Waals surface area contributed by atoms with Gasteiger partial charge in [0.2, 0.25) is 0 Å². The second-order valence-electron chi connectivity index (χ2n) is 6.52. The zero-order chi connectivity index (χ0) is 19.7. The molecular weight excluding hydrogens is 381 g/mol. The standard InChI is InChI=1S/C19H18FN5O2S/c1-12-22-16(11-28-12)19(27)24-6-3-7-25-17(10-24)15(9-21-25)18(26)23-14-5-2-4-13(20)8-14/h2,4-5,8-9,11H,3,6-7,10H2,1H3,(H,23,26). The summed E-state index contributed by atoms with van der Waals surface area (Å²) in [7, 11) is 0. The van der Waals surface area contributed by atoms with Crippen LogP contribution in [0.25, 0.3) is 0 Å². The van der Waals surface area contributed by atoms with E-state index < -0.39 is 5.82 Å². The predicted molar refractivity (Wildman–Crippen MR) is 103 cm³/mol. The minimum Gasteiger partial charge on any atom is -0.331 e. The quantitative estimate of drug-likeness (QED) is 0.734. The largest absolute Gasteiger partial charge is 0.331 e. The molecule has 4 rings (SSSR count). The van der Waals surface area contributed by atoms with E-state index in [-0.39, 0.29) is 18.4 Å². The molecule has 1 N–H and O–H groups in total. The second-order valence-corrected chi connectivity index (χ2v) is 7.59.